The number of ether oxygens (including phenoxy) is 1. The average molecular weight is 377 g/mol. The van der Waals surface area contributed by atoms with Crippen LogP contribution >= 0.6 is 11.6 Å². The number of fused-ring (bicyclic) bond motifs is 4. The first-order valence-electron chi connectivity index (χ1n) is 9.41. The van der Waals surface area contributed by atoms with Crippen molar-refractivity contribution in [1.82, 2.24) is 5.01 Å². The van der Waals surface area contributed by atoms with Gasteiger partial charge in [-0.1, -0.05) is 61.8 Å². The maximum absolute atomic E-state index is 6.28. The highest BCUT2D eigenvalue weighted by Crippen LogP contribution is 2.45. The number of hydrazone groups is 1. The monoisotopic (exact) mass is 376 g/mol. The standard InChI is InChI=1S/C23H21ClN2O/c1-14(2)23-26-21(19-12-18(24)9-10-22(19)27-23)13-20(25-26)17-8-7-15-5-3-4-6-16(15)11-17/h3-12,14,21,23H,13H2,1-2H3/t21-,23-/m1/s1. The molecule has 2 aliphatic heterocycles. The second-order valence-corrected chi connectivity index (χ2v) is 8.08. The highest BCUT2D eigenvalue weighted by atomic mass is 35.5. The summed E-state index contributed by atoms with van der Waals surface area (Å²) in [6, 6.07) is 21.1. The third-order valence-electron chi connectivity index (χ3n) is 5.43. The fourth-order valence-electron chi connectivity index (χ4n) is 4.07. The van der Waals surface area contributed by atoms with Crippen LogP contribution in [0.3, 0.4) is 0 Å². The normalized spacial score (nSPS) is 21.0. The minimum atomic E-state index is -0.0679. The van der Waals surface area contributed by atoms with Crippen LogP contribution in [0.5, 0.6) is 5.75 Å². The molecule has 4 heteroatoms. The van der Waals surface area contributed by atoms with E-state index in [0.29, 0.717) is 5.92 Å². The summed E-state index contributed by atoms with van der Waals surface area (Å²) >= 11 is 6.27. The number of halogens is 1. The Morgan fingerprint density at radius 3 is 2.67 bits per heavy atom. The van der Waals surface area contributed by atoms with E-state index in [1.807, 2.05) is 18.2 Å². The summed E-state index contributed by atoms with van der Waals surface area (Å²) in [6.07, 6.45) is 0.791. The van der Waals surface area contributed by atoms with Crippen LogP contribution in [0.1, 0.15) is 37.4 Å². The molecule has 2 atom stereocenters. The molecule has 0 saturated carbocycles. The Bertz CT molecular complexity index is 1060. The van der Waals surface area contributed by atoms with E-state index in [0.717, 1.165) is 28.5 Å². The van der Waals surface area contributed by atoms with Gasteiger partial charge < -0.3 is 4.74 Å². The lowest BCUT2D eigenvalue weighted by molar-refractivity contribution is -0.0461. The molecule has 0 saturated heterocycles. The molecule has 0 amide bonds. The summed E-state index contributed by atoms with van der Waals surface area (Å²) in [5.41, 5.74) is 3.40. The summed E-state index contributed by atoms with van der Waals surface area (Å²) in [6.45, 7) is 4.35. The number of nitrogens with zero attached hydrogens (tertiary/aromatic N) is 2. The second-order valence-electron chi connectivity index (χ2n) is 7.64. The molecule has 0 aromatic heterocycles. The minimum Gasteiger partial charge on any atom is -0.468 e. The Morgan fingerprint density at radius 2 is 1.85 bits per heavy atom. The molecule has 2 heterocycles. The van der Waals surface area contributed by atoms with E-state index in [1.54, 1.807) is 0 Å². The van der Waals surface area contributed by atoms with Gasteiger partial charge in [0.15, 0.2) is 6.23 Å². The van der Waals surface area contributed by atoms with E-state index >= 15 is 0 Å². The maximum atomic E-state index is 6.28. The van der Waals surface area contributed by atoms with Crippen LogP contribution in [-0.4, -0.2) is 16.9 Å². The van der Waals surface area contributed by atoms with Gasteiger partial charge in [-0.05, 0) is 40.6 Å². The number of hydrogen-bond acceptors (Lipinski definition) is 3. The van der Waals surface area contributed by atoms with Crippen LogP contribution in [0.15, 0.2) is 65.8 Å². The zero-order valence-corrected chi connectivity index (χ0v) is 16.1. The topological polar surface area (TPSA) is 24.8 Å². The van der Waals surface area contributed by atoms with Gasteiger partial charge in [0.2, 0.25) is 0 Å². The SMILES string of the molecule is CC(C)[C@H]1Oc2ccc(Cl)cc2[C@H]2CC(c3ccc4ccccc4c3)=NN21. The van der Waals surface area contributed by atoms with E-state index in [2.05, 4.69) is 61.3 Å². The number of benzene rings is 3. The summed E-state index contributed by atoms with van der Waals surface area (Å²) < 4.78 is 6.28. The fourth-order valence-corrected chi connectivity index (χ4v) is 4.25. The largest absolute Gasteiger partial charge is 0.468 e. The first-order chi connectivity index (χ1) is 13.1. The Balaban J connectivity index is 1.58. The van der Waals surface area contributed by atoms with Gasteiger partial charge in [0, 0.05) is 22.9 Å². The van der Waals surface area contributed by atoms with Crippen molar-refractivity contribution in [2.75, 3.05) is 0 Å². The van der Waals surface area contributed by atoms with E-state index in [-0.39, 0.29) is 12.3 Å². The predicted octanol–water partition coefficient (Wildman–Crippen LogP) is 6.02. The van der Waals surface area contributed by atoms with Gasteiger partial charge in [0.25, 0.3) is 0 Å². The smallest absolute Gasteiger partial charge is 0.190 e. The van der Waals surface area contributed by atoms with Gasteiger partial charge in [0.05, 0.1) is 11.8 Å². The molecular weight excluding hydrogens is 356 g/mol. The van der Waals surface area contributed by atoms with Crippen LogP contribution in [0.25, 0.3) is 10.8 Å². The minimum absolute atomic E-state index is 0.0679. The molecule has 136 valence electrons. The first-order valence-corrected chi connectivity index (χ1v) is 9.79. The lowest BCUT2D eigenvalue weighted by Gasteiger charge is -2.40. The zero-order valence-electron chi connectivity index (χ0n) is 15.4. The summed E-state index contributed by atoms with van der Waals surface area (Å²) in [7, 11) is 0. The first kappa shape index (κ1) is 16.6. The van der Waals surface area contributed by atoms with Crippen LogP contribution in [0.4, 0.5) is 0 Å². The van der Waals surface area contributed by atoms with Crippen molar-refractivity contribution in [3.63, 3.8) is 0 Å². The summed E-state index contributed by atoms with van der Waals surface area (Å²) in [5, 5.41) is 10.4. The molecule has 0 N–H and O–H groups in total. The van der Waals surface area contributed by atoms with Gasteiger partial charge >= 0.3 is 0 Å². The van der Waals surface area contributed by atoms with E-state index in [1.165, 1.54) is 16.3 Å². The molecule has 27 heavy (non-hydrogen) atoms. The Kier molecular flexibility index (Phi) is 3.87. The number of rotatable bonds is 2. The van der Waals surface area contributed by atoms with Gasteiger partial charge in [0.1, 0.15) is 5.75 Å². The van der Waals surface area contributed by atoms with E-state index in [9.17, 15) is 0 Å². The second kappa shape index (κ2) is 6.28. The average Bonchev–Trinajstić information content (AvgIpc) is 3.12. The molecule has 3 aromatic rings. The lowest BCUT2D eigenvalue weighted by Crippen LogP contribution is -2.43. The van der Waals surface area contributed by atoms with Crippen molar-refractivity contribution < 1.29 is 4.74 Å². The Labute approximate surface area is 164 Å². The van der Waals surface area contributed by atoms with Gasteiger partial charge in [-0.2, -0.15) is 5.10 Å². The lowest BCUT2D eigenvalue weighted by atomic mass is 9.94. The Hall–Kier alpha value is -2.52. The predicted molar refractivity (Wildman–Crippen MR) is 110 cm³/mol. The molecule has 0 unspecified atom stereocenters. The zero-order chi connectivity index (χ0) is 18.5. The quantitative estimate of drug-likeness (QED) is 0.546. The van der Waals surface area contributed by atoms with Crippen molar-refractivity contribution in [3.05, 3.63) is 76.8 Å². The summed E-state index contributed by atoms with van der Waals surface area (Å²) in [4.78, 5) is 0. The molecule has 3 nitrogen and oxygen atoms in total. The molecule has 3 aromatic carbocycles. The Morgan fingerprint density at radius 1 is 1.04 bits per heavy atom. The van der Waals surface area contributed by atoms with E-state index in [4.69, 9.17) is 21.4 Å². The molecule has 0 spiro atoms. The fraction of sp³-hybridized carbons (Fsp3) is 0.261. The van der Waals surface area contributed by atoms with E-state index < -0.39 is 0 Å². The van der Waals surface area contributed by atoms with Crippen molar-refractivity contribution in [2.45, 2.75) is 32.5 Å². The van der Waals surface area contributed by atoms with Crippen molar-refractivity contribution >= 4 is 28.1 Å². The van der Waals surface area contributed by atoms with Crippen LogP contribution in [0.2, 0.25) is 5.02 Å². The maximum Gasteiger partial charge on any atom is 0.190 e. The van der Waals surface area contributed by atoms with Gasteiger partial charge in [-0.25, -0.2) is 5.01 Å². The van der Waals surface area contributed by atoms with Crippen molar-refractivity contribution in [2.24, 2.45) is 11.0 Å². The highest BCUT2D eigenvalue weighted by molar-refractivity contribution is 6.30. The molecule has 0 aliphatic carbocycles. The van der Waals surface area contributed by atoms with Crippen LogP contribution in [0, 0.1) is 5.92 Å². The third kappa shape index (κ3) is 2.78. The van der Waals surface area contributed by atoms with Gasteiger partial charge in [-0.3, -0.25) is 0 Å². The molecule has 0 bridgehead atoms. The van der Waals surface area contributed by atoms with Crippen molar-refractivity contribution in [1.29, 1.82) is 0 Å². The molecule has 0 fully saturated rings. The number of hydrogen-bond donors (Lipinski definition) is 0. The van der Waals surface area contributed by atoms with Crippen LogP contribution < -0.4 is 4.74 Å². The highest BCUT2D eigenvalue weighted by Gasteiger charge is 2.41. The molecule has 2 aliphatic rings. The van der Waals surface area contributed by atoms with Gasteiger partial charge in [-0.15, -0.1) is 0 Å². The molecule has 0 radical (unpaired) electrons. The third-order valence-corrected chi connectivity index (χ3v) is 5.67. The molecule has 5 rings (SSSR count). The van der Waals surface area contributed by atoms with Crippen molar-refractivity contribution in [3.8, 4) is 5.75 Å². The molecular formula is C23H21ClN2O. The summed E-state index contributed by atoms with van der Waals surface area (Å²) in [5.74, 6) is 1.25. The van der Waals surface area contributed by atoms with Crippen LogP contribution in [-0.2, 0) is 0 Å².